The van der Waals surface area contributed by atoms with Crippen LogP contribution in [0.3, 0.4) is 0 Å². The van der Waals surface area contributed by atoms with Crippen LogP contribution in [-0.4, -0.2) is 35.3 Å². The third-order valence-corrected chi connectivity index (χ3v) is 5.38. The number of pyridine rings is 1. The van der Waals surface area contributed by atoms with Crippen LogP contribution in [0.25, 0.3) is 31.9 Å². The van der Waals surface area contributed by atoms with Gasteiger partial charge in [0, 0.05) is 37.1 Å². The Morgan fingerprint density at radius 2 is 1.71 bits per heavy atom. The zero-order valence-electron chi connectivity index (χ0n) is 15.4. The van der Waals surface area contributed by atoms with Crippen LogP contribution in [0.15, 0.2) is 60.8 Å². The lowest BCUT2D eigenvalue weighted by molar-refractivity contribution is 0.210. The quantitative estimate of drug-likeness (QED) is 0.502. The van der Waals surface area contributed by atoms with Crippen molar-refractivity contribution < 1.29 is 9.90 Å². The van der Waals surface area contributed by atoms with Gasteiger partial charge in [-0.05, 0) is 35.9 Å². The first kappa shape index (κ1) is 17.9. The first-order chi connectivity index (χ1) is 13.5. The van der Waals surface area contributed by atoms with E-state index >= 15 is 0 Å². The summed E-state index contributed by atoms with van der Waals surface area (Å²) in [4.78, 5) is 21.9. The second-order valence-electron chi connectivity index (χ2n) is 6.51. The van der Waals surface area contributed by atoms with Gasteiger partial charge in [0.25, 0.3) is 0 Å². The third-order valence-electron chi connectivity index (χ3n) is 4.31. The van der Waals surface area contributed by atoms with Crippen molar-refractivity contribution in [3.63, 3.8) is 0 Å². The minimum absolute atomic E-state index is 0.541. The molecule has 4 aromatic rings. The molecule has 7 heteroatoms. The third kappa shape index (κ3) is 3.65. The van der Waals surface area contributed by atoms with Gasteiger partial charge in [-0.15, -0.1) is 11.3 Å². The van der Waals surface area contributed by atoms with Crippen LogP contribution in [0.1, 0.15) is 0 Å². The van der Waals surface area contributed by atoms with Crippen molar-refractivity contribution in [1.29, 1.82) is 0 Å². The van der Waals surface area contributed by atoms with Gasteiger partial charge in [-0.1, -0.05) is 24.3 Å². The molecule has 0 spiro atoms. The molecule has 2 aromatic heterocycles. The van der Waals surface area contributed by atoms with E-state index in [2.05, 4.69) is 33.5 Å². The second kappa shape index (κ2) is 7.28. The number of anilines is 2. The number of hydrogen-bond donors (Lipinski definition) is 2. The van der Waals surface area contributed by atoms with Gasteiger partial charge in [0.1, 0.15) is 10.8 Å². The van der Waals surface area contributed by atoms with E-state index in [-0.39, 0.29) is 0 Å². The fourth-order valence-electron chi connectivity index (χ4n) is 2.88. The minimum Gasteiger partial charge on any atom is -0.465 e. The van der Waals surface area contributed by atoms with Crippen LogP contribution < -0.4 is 10.2 Å². The van der Waals surface area contributed by atoms with Crippen LogP contribution >= 0.6 is 11.3 Å². The lowest BCUT2D eigenvalue weighted by Gasteiger charge is -2.11. The van der Waals surface area contributed by atoms with E-state index in [9.17, 15) is 4.79 Å². The first-order valence-electron chi connectivity index (χ1n) is 8.64. The van der Waals surface area contributed by atoms with Gasteiger partial charge in [0.05, 0.1) is 10.2 Å². The summed E-state index contributed by atoms with van der Waals surface area (Å²) < 4.78 is 0.939. The lowest BCUT2D eigenvalue weighted by Crippen LogP contribution is -2.09. The standard InChI is InChI=1S/C21H18N4O2S/c1-25(2)19-10-7-15(12-22-19)13-3-5-14(6-4-13)20-24-17-9-8-16(23-21(26)27)11-18(17)28-20/h3-12,23H,1-2H3,(H,26,27). The summed E-state index contributed by atoms with van der Waals surface area (Å²) in [6.07, 6.45) is 0.798. The Morgan fingerprint density at radius 3 is 2.36 bits per heavy atom. The number of hydrogen-bond acceptors (Lipinski definition) is 5. The van der Waals surface area contributed by atoms with Crippen LogP contribution in [0.5, 0.6) is 0 Å². The van der Waals surface area contributed by atoms with Gasteiger partial charge in [0.2, 0.25) is 0 Å². The van der Waals surface area contributed by atoms with Gasteiger partial charge < -0.3 is 10.0 Å². The molecule has 2 N–H and O–H groups in total. The zero-order chi connectivity index (χ0) is 19.7. The van der Waals surface area contributed by atoms with E-state index in [0.717, 1.165) is 37.7 Å². The number of nitrogens with zero attached hydrogens (tertiary/aromatic N) is 3. The van der Waals surface area contributed by atoms with Crippen molar-refractivity contribution in [1.82, 2.24) is 9.97 Å². The van der Waals surface area contributed by atoms with E-state index in [4.69, 9.17) is 5.11 Å². The molecule has 0 aliphatic heterocycles. The van der Waals surface area contributed by atoms with Crippen molar-refractivity contribution in [2.45, 2.75) is 0 Å². The molecule has 0 unspecified atom stereocenters. The Bertz CT molecular complexity index is 1140. The number of carbonyl (C=O) groups is 1. The van der Waals surface area contributed by atoms with Crippen molar-refractivity contribution in [3.05, 3.63) is 60.8 Å². The van der Waals surface area contributed by atoms with Gasteiger partial charge in [-0.25, -0.2) is 14.8 Å². The topological polar surface area (TPSA) is 78.4 Å². The van der Waals surface area contributed by atoms with E-state index in [0.29, 0.717) is 5.69 Å². The molecule has 2 aromatic carbocycles. The highest BCUT2D eigenvalue weighted by molar-refractivity contribution is 7.21. The average Bonchev–Trinajstić information content (AvgIpc) is 3.11. The molecule has 4 rings (SSSR count). The molecule has 6 nitrogen and oxygen atoms in total. The number of fused-ring (bicyclic) bond motifs is 1. The van der Waals surface area contributed by atoms with Crippen LogP contribution in [0.4, 0.5) is 16.3 Å². The largest absolute Gasteiger partial charge is 0.465 e. The number of carboxylic acid groups (broad SMARTS) is 1. The molecule has 140 valence electrons. The predicted molar refractivity (Wildman–Crippen MR) is 114 cm³/mol. The highest BCUT2D eigenvalue weighted by Gasteiger charge is 2.09. The Morgan fingerprint density at radius 1 is 1.00 bits per heavy atom. The summed E-state index contributed by atoms with van der Waals surface area (Å²) in [5, 5.41) is 12.1. The number of aromatic nitrogens is 2. The van der Waals surface area contributed by atoms with E-state index in [1.807, 2.05) is 49.5 Å². The first-order valence-corrected chi connectivity index (χ1v) is 9.46. The molecule has 0 saturated heterocycles. The molecular formula is C21H18N4O2S. The highest BCUT2D eigenvalue weighted by Crippen LogP contribution is 2.33. The smallest absolute Gasteiger partial charge is 0.409 e. The summed E-state index contributed by atoms with van der Waals surface area (Å²) in [5.41, 5.74) is 4.57. The molecule has 28 heavy (non-hydrogen) atoms. The fraction of sp³-hybridized carbons (Fsp3) is 0.0952. The van der Waals surface area contributed by atoms with Gasteiger partial charge >= 0.3 is 6.09 Å². The summed E-state index contributed by atoms with van der Waals surface area (Å²) in [6.45, 7) is 0. The maximum atomic E-state index is 10.8. The molecule has 0 aliphatic rings. The highest BCUT2D eigenvalue weighted by atomic mass is 32.1. The van der Waals surface area contributed by atoms with Crippen LogP contribution in [-0.2, 0) is 0 Å². The summed E-state index contributed by atoms with van der Waals surface area (Å²) in [7, 11) is 3.94. The van der Waals surface area contributed by atoms with Crippen LogP contribution in [0, 0.1) is 0 Å². The number of nitrogens with one attached hydrogen (secondary N) is 1. The van der Waals surface area contributed by atoms with Gasteiger partial charge in [-0.3, -0.25) is 5.32 Å². The molecule has 2 heterocycles. The number of thiazole rings is 1. The minimum atomic E-state index is -1.08. The molecule has 0 saturated carbocycles. The zero-order valence-corrected chi connectivity index (χ0v) is 16.2. The van der Waals surface area contributed by atoms with Crippen molar-refractivity contribution in [3.8, 4) is 21.7 Å². The second-order valence-corrected chi connectivity index (χ2v) is 7.54. The van der Waals surface area contributed by atoms with Gasteiger partial charge in [-0.2, -0.15) is 0 Å². The number of amides is 1. The Balaban J connectivity index is 1.60. The lowest BCUT2D eigenvalue weighted by atomic mass is 10.1. The number of rotatable bonds is 4. The molecular weight excluding hydrogens is 372 g/mol. The molecule has 0 atom stereocenters. The van der Waals surface area contributed by atoms with Crippen molar-refractivity contribution in [2.75, 3.05) is 24.3 Å². The molecule has 1 amide bonds. The molecule has 0 aliphatic carbocycles. The maximum Gasteiger partial charge on any atom is 0.409 e. The van der Waals surface area contributed by atoms with E-state index in [1.54, 1.807) is 12.1 Å². The Kier molecular flexibility index (Phi) is 4.67. The monoisotopic (exact) mass is 390 g/mol. The van der Waals surface area contributed by atoms with E-state index < -0.39 is 6.09 Å². The SMILES string of the molecule is CN(C)c1ccc(-c2ccc(-c3nc4ccc(NC(=O)O)cc4s3)cc2)cn1. The van der Waals surface area contributed by atoms with E-state index in [1.165, 1.54) is 11.3 Å². The summed E-state index contributed by atoms with van der Waals surface area (Å²) in [5.74, 6) is 0.923. The Hall–Kier alpha value is -3.45. The average molecular weight is 390 g/mol. The van der Waals surface area contributed by atoms with Crippen molar-refractivity contribution in [2.24, 2.45) is 0 Å². The number of benzene rings is 2. The summed E-state index contributed by atoms with van der Waals surface area (Å²) in [6, 6.07) is 17.6. The fourth-order valence-corrected chi connectivity index (χ4v) is 3.89. The molecule has 0 radical (unpaired) electrons. The Labute approximate surface area is 166 Å². The molecule has 0 bridgehead atoms. The normalized spacial score (nSPS) is 10.8. The maximum absolute atomic E-state index is 10.8. The van der Waals surface area contributed by atoms with Gasteiger partial charge in [0.15, 0.2) is 0 Å². The molecule has 0 fully saturated rings. The van der Waals surface area contributed by atoms with Crippen LogP contribution in [0.2, 0.25) is 0 Å². The predicted octanol–water partition coefficient (Wildman–Crippen LogP) is 5.18. The summed E-state index contributed by atoms with van der Waals surface area (Å²) >= 11 is 1.54. The van der Waals surface area contributed by atoms with Crippen molar-refractivity contribution >= 4 is 39.2 Å².